The van der Waals surface area contributed by atoms with Crippen LogP contribution in [0, 0.1) is 0 Å². The smallest absolute Gasteiger partial charge is 0.262 e. The zero-order valence-corrected chi connectivity index (χ0v) is 12.1. The molecule has 2 aromatic carbocycles. The van der Waals surface area contributed by atoms with Gasteiger partial charge in [0.1, 0.15) is 5.75 Å². The van der Waals surface area contributed by atoms with Gasteiger partial charge in [0.05, 0.1) is 6.10 Å². The summed E-state index contributed by atoms with van der Waals surface area (Å²) in [6, 6.07) is 12.1. The van der Waals surface area contributed by atoms with Crippen LogP contribution in [0.2, 0.25) is 0 Å². The van der Waals surface area contributed by atoms with Gasteiger partial charge >= 0.3 is 0 Å². The third-order valence-electron chi connectivity index (χ3n) is 3.38. The molecule has 0 saturated carbocycles. The van der Waals surface area contributed by atoms with Gasteiger partial charge in [0.15, 0.2) is 0 Å². The minimum absolute atomic E-state index is 0.0680. The zero-order chi connectivity index (χ0) is 14.8. The van der Waals surface area contributed by atoms with Crippen molar-refractivity contribution < 1.29 is 9.53 Å². The Morgan fingerprint density at radius 3 is 2.57 bits per heavy atom. The fourth-order valence-corrected chi connectivity index (χ4v) is 2.46. The molecule has 21 heavy (non-hydrogen) atoms. The molecule has 2 N–H and O–H groups in total. The molecular formula is C17H18N2O2. The van der Waals surface area contributed by atoms with Gasteiger partial charge in [-0.05, 0) is 36.9 Å². The standard InChI is InChI=1S/C17H18N2O2/c1-11(2)21-16-8-7-12(9-13-10-18-19-17(13)20)14-5-3-4-6-15(14)16/h3-9,11,18H,10H2,1-2H3,(H,19,20)/b13-9+. The number of ether oxygens (including phenoxy) is 1. The van der Waals surface area contributed by atoms with E-state index in [9.17, 15) is 4.79 Å². The SMILES string of the molecule is CC(C)Oc1ccc(/C=C2\CNNC2=O)c2ccccc12. The average molecular weight is 282 g/mol. The molecule has 1 aliphatic rings. The van der Waals surface area contributed by atoms with Crippen LogP contribution in [0.5, 0.6) is 5.75 Å². The quantitative estimate of drug-likeness (QED) is 0.851. The van der Waals surface area contributed by atoms with Gasteiger partial charge in [0.25, 0.3) is 5.91 Å². The molecule has 1 heterocycles. The van der Waals surface area contributed by atoms with Crippen LogP contribution < -0.4 is 15.6 Å². The summed E-state index contributed by atoms with van der Waals surface area (Å²) in [6.45, 7) is 4.57. The Labute approximate surface area is 123 Å². The summed E-state index contributed by atoms with van der Waals surface area (Å²) in [4.78, 5) is 11.7. The highest BCUT2D eigenvalue weighted by Crippen LogP contribution is 2.30. The molecule has 0 aromatic heterocycles. The Hall–Kier alpha value is -2.33. The molecule has 2 aromatic rings. The van der Waals surface area contributed by atoms with Crippen LogP contribution in [-0.4, -0.2) is 18.6 Å². The molecule has 0 aliphatic carbocycles. The van der Waals surface area contributed by atoms with E-state index >= 15 is 0 Å². The number of benzene rings is 2. The molecule has 0 unspecified atom stereocenters. The number of nitrogens with one attached hydrogen (secondary N) is 2. The van der Waals surface area contributed by atoms with Crippen molar-refractivity contribution in [3.8, 4) is 5.75 Å². The van der Waals surface area contributed by atoms with E-state index in [2.05, 4.69) is 16.9 Å². The Bertz CT molecular complexity index is 720. The molecule has 0 bridgehead atoms. The van der Waals surface area contributed by atoms with Crippen LogP contribution in [0.15, 0.2) is 42.0 Å². The maximum Gasteiger partial charge on any atom is 0.262 e. The molecule has 108 valence electrons. The normalized spacial score (nSPS) is 16.7. The Morgan fingerprint density at radius 2 is 1.90 bits per heavy atom. The Morgan fingerprint density at radius 1 is 1.14 bits per heavy atom. The second-order valence-electron chi connectivity index (χ2n) is 5.34. The van der Waals surface area contributed by atoms with Crippen LogP contribution in [0.3, 0.4) is 0 Å². The number of hydrogen-bond acceptors (Lipinski definition) is 3. The van der Waals surface area contributed by atoms with Crippen molar-refractivity contribution in [3.63, 3.8) is 0 Å². The van der Waals surface area contributed by atoms with Crippen molar-refractivity contribution in [2.75, 3.05) is 6.54 Å². The first kappa shape index (κ1) is 13.6. The molecule has 1 amide bonds. The molecule has 1 aliphatic heterocycles. The van der Waals surface area contributed by atoms with Gasteiger partial charge in [-0.3, -0.25) is 10.2 Å². The molecule has 3 rings (SSSR count). The first-order valence-electron chi connectivity index (χ1n) is 7.07. The lowest BCUT2D eigenvalue weighted by Crippen LogP contribution is -2.25. The van der Waals surface area contributed by atoms with E-state index < -0.39 is 0 Å². The van der Waals surface area contributed by atoms with Gasteiger partial charge in [0.2, 0.25) is 0 Å². The van der Waals surface area contributed by atoms with E-state index in [0.29, 0.717) is 6.54 Å². The van der Waals surface area contributed by atoms with Crippen LogP contribution >= 0.6 is 0 Å². The van der Waals surface area contributed by atoms with E-state index in [1.807, 2.05) is 50.3 Å². The topological polar surface area (TPSA) is 50.4 Å². The van der Waals surface area contributed by atoms with Gasteiger partial charge in [-0.25, -0.2) is 5.43 Å². The molecule has 1 fully saturated rings. The van der Waals surface area contributed by atoms with Crippen molar-refractivity contribution in [1.29, 1.82) is 0 Å². The largest absolute Gasteiger partial charge is 0.490 e. The van der Waals surface area contributed by atoms with Gasteiger partial charge in [-0.15, -0.1) is 0 Å². The van der Waals surface area contributed by atoms with Crippen LogP contribution in [-0.2, 0) is 4.79 Å². The predicted octanol–water partition coefficient (Wildman–Crippen LogP) is 2.64. The highest BCUT2D eigenvalue weighted by molar-refractivity contribution is 6.03. The Balaban J connectivity index is 2.11. The molecule has 0 spiro atoms. The maximum atomic E-state index is 11.7. The van der Waals surface area contributed by atoms with E-state index in [1.165, 1.54) is 0 Å². The highest BCUT2D eigenvalue weighted by Gasteiger charge is 2.16. The fraction of sp³-hybridized carbons (Fsp3) is 0.235. The predicted molar refractivity (Wildman–Crippen MR) is 83.8 cm³/mol. The van der Waals surface area contributed by atoms with Gasteiger partial charge in [0, 0.05) is 17.5 Å². The number of amides is 1. The number of carbonyl (C=O) groups excluding carboxylic acids is 1. The summed E-state index contributed by atoms with van der Waals surface area (Å²) in [6.07, 6.45) is 2.05. The molecule has 4 nitrogen and oxygen atoms in total. The lowest BCUT2D eigenvalue weighted by atomic mass is 10.0. The van der Waals surface area contributed by atoms with Crippen molar-refractivity contribution in [2.45, 2.75) is 20.0 Å². The first-order chi connectivity index (χ1) is 10.1. The molecular weight excluding hydrogens is 264 g/mol. The summed E-state index contributed by atoms with van der Waals surface area (Å²) < 4.78 is 5.86. The number of rotatable bonds is 3. The van der Waals surface area contributed by atoms with Gasteiger partial charge < -0.3 is 4.74 Å². The van der Waals surface area contributed by atoms with Crippen molar-refractivity contribution in [1.82, 2.24) is 10.9 Å². The number of fused-ring (bicyclic) bond motifs is 1. The molecule has 0 atom stereocenters. The van der Waals surface area contributed by atoms with E-state index in [-0.39, 0.29) is 12.0 Å². The maximum absolute atomic E-state index is 11.7. The van der Waals surface area contributed by atoms with E-state index in [0.717, 1.165) is 27.7 Å². The molecule has 4 heteroatoms. The highest BCUT2D eigenvalue weighted by atomic mass is 16.5. The lowest BCUT2D eigenvalue weighted by molar-refractivity contribution is -0.116. The minimum Gasteiger partial charge on any atom is -0.490 e. The van der Waals surface area contributed by atoms with Crippen LogP contribution in [0.4, 0.5) is 0 Å². The Kier molecular flexibility index (Phi) is 3.62. The van der Waals surface area contributed by atoms with Crippen molar-refractivity contribution in [2.24, 2.45) is 0 Å². The minimum atomic E-state index is -0.0680. The van der Waals surface area contributed by atoms with Gasteiger partial charge in [-0.1, -0.05) is 30.3 Å². The zero-order valence-electron chi connectivity index (χ0n) is 12.1. The van der Waals surface area contributed by atoms with Crippen LogP contribution in [0.1, 0.15) is 19.4 Å². The van der Waals surface area contributed by atoms with Crippen molar-refractivity contribution >= 4 is 22.8 Å². The lowest BCUT2D eigenvalue weighted by Gasteiger charge is -2.13. The number of hydrazine groups is 1. The summed E-state index contributed by atoms with van der Waals surface area (Å²) >= 11 is 0. The summed E-state index contributed by atoms with van der Waals surface area (Å²) in [7, 11) is 0. The second-order valence-corrected chi connectivity index (χ2v) is 5.34. The molecule has 1 saturated heterocycles. The number of hydrogen-bond donors (Lipinski definition) is 2. The molecule has 0 radical (unpaired) electrons. The second kappa shape index (κ2) is 5.58. The van der Waals surface area contributed by atoms with E-state index in [4.69, 9.17) is 4.74 Å². The van der Waals surface area contributed by atoms with Gasteiger partial charge in [-0.2, -0.15) is 0 Å². The average Bonchev–Trinajstić information content (AvgIpc) is 2.86. The fourth-order valence-electron chi connectivity index (χ4n) is 2.46. The van der Waals surface area contributed by atoms with E-state index in [1.54, 1.807) is 0 Å². The summed E-state index contributed by atoms with van der Waals surface area (Å²) in [5, 5.41) is 2.15. The van der Waals surface area contributed by atoms with Crippen molar-refractivity contribution in [3.05, 3.63) is 47.5 Å². The summed E-state index contributed by atoms with van der Waals surface area (Å²) in [5.74, 6) is 0.804. The number of carbonyl (C=O) groups is 1. The third-order valence-corrected chi connectivity index (χ3v) is 3.38. The van der Waals surface area contributed by atoms with Crippen LogP contribution in [0.25, 0.3) is 16.8 Å². The first-order valence-corrected chi connectivity index (χ1v) is 7.07. The third kappa shape index (κ3) is 2.76. The monoisotopic (exact) mass is 282 g/mol. The summed E-state index contributed by atoms with van der Waals surface area (Å²) in [5.41, 5.74) is 7.19.